The Balaban J connectivity index is 2.28. The molecule has 3 heteroatoms. The van der Waals surface area contributed by atoms with E-state index < -0.39 is 6.09 Å². The van der Waals surface area contributed by atoms with Gasteiger partial charge in [0.2, 0.25) is 0 Å². The van der Waals surface area contributed by atoms with Gasteiger partial charge in [0.05, 0.1) is 0 Å². The van der Waals surface area contributed by atoms with Crippen LogP contribution in [0.5, 0.6) is 0 Å². The molecule has 11 heavy (non-hydrogen) atoms. The van der Waals surface area contributed by atoms with E-state index in [0.29, 0.717) is 5.92 Å². The van der Waals surface area contributed by atoms with E-state index in [1.165, 1.54) is 6.42 Å². The van der Waals surface area contributed by atoms with Gasteiger partial charge in [-0.2, -0.15) is 0 Å². The van der Waals surface area contributed by atoms with Gasteiger partial charge in [-0.1, -0.05) is 13.3 Å². The Morgan fingerprint density at radius 3 is 2.82 bits per heavy atom. The fourth-order valence-electron chi connectivity index (χ4n) is 1.65. The lowest BCUT2D eigenvalue weighted by molar-refractivity contribution is 0.0691. The third-order valence-electron chi connectivity index (χ3n) is 2.17. The molecule has 1 fully saturated rings. The first-order chi connectivity index (χ1) is 5.18. The van der Waals surface area contributed by atoms with Crippen molar-refractivity contribution in [3.63, 3.8) is 0 Å². The second-order valence-electron chi connectivity index (χ2n) is 3.33. The highest BCUT2D eigenvalue weighted by Crippen LogP contribution is 2.25. The monoisotopic (exact) mass is 157 g/mol. The van der Waals surface area contributed by atoms with Gasteiger partial charge in [-0.25, -0.2) is 4.79 Å². The molecule has 0 aromatic heterocycles. The average Bonchev–Trinajstić information content (AvgIpc) is 1.85. The molecule has 2 atom stereocenters. The third kappa shape index (κ3) is 2.78. The van der Waals surface area contributed by atoms with Crippen LogP contribution in [0.15, 0.2) is 0 Å². The predicted molar refractivity (Wildman–Crippen MR) is 42.1 cm³/mol. The Bertz CT molecular complexity index is 147. The van der Waals surface area contributed by atoms with E-state index in [0.717, 1.165) is 19.3 Å². The minimum absolute atomic E-state index is 0.0799. The van der Waals surface area contributed by atoms with Crippen LogP contribution in [-0.4, -0.2) is 12.2 Å². The number of hydrogen-bond donors (Lipinski definition) is 1. The molecule has 0 bridgehead atoms. The lowest BCUT2D eigenvalue weighted by atomic mass is 9.89. The number of rotatable bonds is 1. The summed E-state index contributed by atoms with van der Waals surface area (Å²) in [6, 6.07) is 0. The van der Waals surface area contributed by atoms with Crippen LogP contribution in [-0.2, 0) is 4.74 Å². The smallest absolute Gasteiger partial charge is 0.404 e. The number of amides is 1. The summed E-state index contributed by atoms with van der Waals surface area (Å²) in [5.74, 6) is 0.674. The molecule has 1 amide bonds. The zero-order valence-electron chi connectivity index (χ0n) is 6.88. The minimum Gasteiger partial charge on any atom is -0.446 e. The Morgan fingerprint density at radius 2 is 2.27 bits per heavy atom. The zero-order valence-corrected chi connectivity index (χ0v) is 6.88. The highest BCUT2D eigenvalue weighted by molar-refractivity contribution is 5.64. The molecule has 0 aromatic carbocycles. The number of nitrogens with two attached hydrogens (primary N) is 1. The number of carbonyl (C=O) groups is 1. The van der Waals surface area contributed by atoms with E-state index in [-0.39, 0.29) is 6.10 Å². The van der Waals surface area contributed by atoms with Gasteiger partial charge >= 0.3 is 6.09 Å². The molecule has 0 unspecified atom stereocenters. The zero-order chi connectivity index (χ0) is 8.27. The first-order valence-corrected chi connectivity index (χ1v) is 4.14. The van der Waals surface area contributed by atoms with Crippen molar-refractivity contribution in [3.8, 4) is 0 Å². The average molecular weight is 157 g/mol. The molecule has 0 spiro atoms. The van der Waals surface area contributed by atoms with E-state index in [4.69, 9.17) is 10.5 Å². The van der Waals surface area contributed by atoms with Crippen LogP contribution in [0, 0.1) is 5.92 Å². The second kappa shape index (κ2) is 3.60. The van der Waals surface area contributed by atoms with Crippen molar-refractivity contribution in [2.75, 3.05) is 0 Å². The standard InChI is InChI=1S/C8H15NO2/c1-6-3-2-4-7(5-6)11-8(9)10/h6-7H,2-5H2,1H3,(H2,9,10)/t6-,7+/m1/s1. The largest absolute Gasteiger partial charge is 0.446 e. The van der Waals surface area contributed by atoms with Gasteiger partial charge in [0.25, 0.3) is 0 Å². The van der Waals surface area contributed by atoms with Crippen molar-refractivity contribution >= 4 is 6.09 Å². The molecule has 0 aromatic rings. The van der Waals surface area contributed by atoms with E-state index in [9.17, 15) is 4.79 Å². The fraction of sp³-hybridized carbons (Fsp3) is 0.875. The van der Waals surface area contributed by atoms with Gasteiger partial charge in [0.15, 0.2) is 0 Å². The van der Waals surface area contributed by atoms with Crippen molar-refractivity contribution in [2.24, 2.45) is 11.7 Å². The summed E-state index contributed by atoms with van der Waals surface area (Å²) in [5.41, 5.74) is 4.91. The molecule has 0 saturated heterocycles. The van der Waals surface area contributed by atoms with Crippen molar-refractivity contribution < 1.29 is 9.53 Å². The summed E-state index contributed by atoms with van der Waals surface area (Å²) in [6.45, 7) is 2.18. The van der Waals surface area contributed by atoms with Crippen LogP contribution >= 0.6 is 0 Å². The minimum atomic E-state index is -0.635. The van der Waals surface area contributed by atoms with Gasteiger partial charge in [-0.15, -0.1) is 0 Å². The number of hydrogen-bond acceptors (Lipinski definition) is 2. The van der Waals surface area contributed by atoms with Crippen molar-refractivity contribution in [1.82, 2.24) is 0 Å². The maximum Gasteiger partial charge on any atom is 0.404 e. The molecule has 2 N–H and O–H groups in total. The van der Waals surface area contributed by atoms with Crippen LogP contribution in [0.25, 0.3) is 0 Å². The summed E-state index contributed by atoms with van der Waals surface area (Å²) >= 11 is 0. The quantitative estimate of drug-likeness (QED) is 0.629. The summed E-state index contributed by atoms with van der Waals surface area (Å²) < 4.78 is 4.90. The molecule has 1 aliphatic rings. The summed E-state index contributed by atoms with van der Waals surface area (Å²) in [6.07, 6.45) is 3.80. The number of primary amides is 1. The summed E-state index contributed by atoms with van der Waals surface area (Å²) in [4.78, 5) is 10.4. The van der Waals surface area contributed by atoms with Crippen LogP contribution in [0.1, 0.15) is 32.6 Å². The third-order valence-corrected chi connectivity index (χ3v) is 2.17. The van der Waals surface area contributed by atoms with Crippen molar-refractivity contribution in [1.29, 1.82) is 0 Å². The SMILES string of the molecule is C[C@@H]1CCC[C@H](OC(N)=O)C1. The van der Waals surface area contributed by atoms with E-state index in [1.54, 1.807) is 0 Å². The first kappa shape index (κ1) is 8.37. The topological polar surface area (TPSA) is 52.3 Å². The second-order valence-corrected chi connectivity index (χ2v) is 3.33. The van der Waals surface area contributed by atoms with Crippen LogP contribution in [0.3, 0.4) is 0 Å². The molecule has 64 valence electrons. The summed E-state index contributed by atoms with van der Waals surface area (Å²) in [5, 5.41) is 0. The Morgan fingerprint density at radius 1 is 1.55 bits per heavy atom. The van der Waals surface area contributed by atoms with E-state index in [2.05, 4.69) is 6.92 Å². The molecule has 0 radical (unpaired) electrons. The molecular weight excluding hydrogens is 142 g/mol. The molecular formula is C8H15NO2. The van der Waals surface area contributed by atoms with E-state index in [1.807, 2.05) is 0 Å². The molecule has 1 rings (SSSR count). The molecule has 0 aliphatic heterocycles. The highest BCUT2D eigenvalue weighted by atomic mass is 16.6. The van der Waals surface area contributed by atoms with Gasteiger partial charge in [-0.3, -0.25) is 0 Å². The van der Waals surface area contributed by atoms with Crippen molar-refractivity contribution in [2.45, 2.75) is 38.7 Å². The highest BCUT2D eigenvalue weighted by Gasteiger charge is 2.20. The van der Waals surface area contributed by atoms with Gasteiger partial charge in [0, 0.05) is 0 Å². The maximum absolute atomic E-state index is 10.4. The van der Waals surface area contributed by atoms with E-state index >= 15 is 0 Å². The summed E-state index contributed by atoms with van der Waals surface area (Å²) in [7, 11) is 0. The Labute approximate surface area is 66.9 Å². The van der Waals surface area contributed by atoms with Crippen LogP contribution < -0.4 is 5.73 Å². The molecule has 1 saturated carbocycles. The fourth-order valence-corrected chi connectivity index (χ4v) is 1.65. The molecule has 1 aliphatic carbocycles. The van der Waals surface area contributed by atoms with Crippen LogP contribution in [0.4, 0.5) is 4.79 Å². The lowest BCUT2D eigenvalue weighted by Crippen LogP contribution is -2.27. The first-order valence-electron chi connectivity index (χ1n) is 4.14. The van der Waals surface area contributed by atoms with Crippen LogP contribution in [0.2, 0.25) is 0 Å². The van der Waals surface area contributed by atoms with Gasteiger partial charge < -0.3 is 10.5 Å². The lowest BCUT2D eigenvalue weighted by Gasteiger charge is -2.25. The molecule has 0 heterocycles. The Kier molecular flexibility index (Phi) is 2.74. The number of carbonyl (C=O) groups excluding carboxylic acids is 1. The normalized spacial score (nSPS) is 31.4. The van der Waals surface area contributed by atoms with Gasteiger partial charge in [0.1, 0.15) is 6.10 Å². The number of ether oxygens (including phenoxy) is 1. The Hall–Kier alpha value is -0.730. The molecule has 3 nitrogen and oxygen atoms in total. The maximum atomic E-state index is 10.4. The predicted octanol–water partition coefficient (Wildman–Crippen LogP) is 1.66. The van der Waals surface area contributed by atoms with Gasteiger partial charge in [-0.05, 0) is 25.2 Å². The van der Waals surface area contributed by atoms with Crippen molar-refractivity contribution in [3.05, 3.63) is 0 Å².